The van der Waals surface area contributed by atoms with Crippen LogP contribution in [0.3, 0.4) is 0 Å². The Morgan fingerprint density at radius 3 is 2.92 bits per heavy atom. The number of aromatic nitrogens is 3. The summed E-state index contributed by atoms with van der Waals surface area (Å²) >= 11 is 6.12. The molecule has 1 amide bonds. The Bertz CT molecular complexity index is 869. The third-order valence-electron chi connectivity index (χ3n) is 4.08. The van der Waals surface area contributed by atoms with Gasteiger partial charge in [0.05, 0.1) is 5.02 Å². The molecule has 134 valence electrons. The highest BCUT2D eigenvalue weighted by Gasteiger charge is 2.30. The van der Waals surface area contributed by atoms with E-state index in [1.165, 1.54) is 28.8 Å². The van der Waals surface area contributed by atoms with Gasteiger partial charge in [-0.2, -0.15) is 14.4 Å². The van der Waals surface area contributed by atoms with Crippen LogP contribution in [0, 0.1) is 5.92 Å². The van der Waals surface area contributed by atoms with Crippen LogP contribution < -0.4 is 5.32 Å². The first-order valence-electron chi connectivity index (χ1n) is 7.84. The van der Waals surface area contributed by atoms with E-state index in [2.05, 4.69) is 20.5 Å². The number of amides is 1. The number of hydrogen-bond acceptors (Lipinski definition) is 5. The molecule has 25 heavy (non-hydrogen) atoms. The number of piperidine rings is 1. The van der Waals surface area contributed by atoms with Gasteiger partial charge in [-0.15, -0.1) is 0 Å². The average Bonchev–Trinajstić information content (AvgIpc) is 3.08. The highest BCUT2D eigenvalue weighted by molar-refractivity contribution is 7.89. The van der Waals surface area contributed by atoms with E-state index >= 15 is 0 Å². The predicted octanol–water partition coefficient (Wildman–Crippen LogP) is 2.13. The monoisotopic (exact) mass is 383 g/mol. The van der Waals surface area contributed by atoms with Crippen LogP contribution in [0.4, 0.5) is 5.95 Å². The summed E-state index contributed by atoms with van der Waals surface area (Å²) in [6, 6.07) is 4.17. The second-order valence-corrected chi connectivity index (χ2v) is 8.36. The van der Waals surface area contributed by atoms with E-state index in [4.69, 9.17) is 11.6 Å². The number of halogens is 1. The second-order valence-electron chi connectivity index (χ2n) is 6.04. The molecule has 0 saturated carbocycles. The van der Waals surface area contributed by atoms with Crippen LogP contribution in [-0.2, 0) is 10.0 Å². The van der Waals surface area contributed by atoms with Gasteiger partial charge in [-0.1, -0.05) is 18.5 Å². The summed E-state index contributed by atoms with van der Waals surface area (Å²) in [5.74, 6) is -0.0358. The number of hydrogen-bond donors (Lipinski definition) is 2. The predicted molar refractivity (Wildman–Crippen MR) is 92.9 cm³/mol. The fourth-order valence-corrected chi connectivity index (χ4v) is 4.89. The molecule has 2 N–H and O–H groups in total. The minimum Gasteiger partial charge on any atom is -0.291 e. The lowest BCUT2D eigenvalue weighted by molar-refractivity contribution is 0.102. The number of nitrogens with zero attached hydrogens (tertiary/aromatic N) is 3. The molecule has 1 saturated heterocycles. The zero-order valence-electron chi connectivity index (χ0n) is 13.6. The summed E-state index contributed by atoms with van der Waals surface area (Å²) in [7, 11) is -3.76. The quantitative estimate of drug-likeness (QED) is 0.840. The Kier molecular flexibility index (Phi) is 5.07. The molecule has 2 heterocycles. The molecule has 8 nitrogen and oxygen atoms in total. The zero-order chi connectivity index (χ0) is 18.0. The Hall–Kier alpha value is -1.97. The number of nitrogens with one attached hydrogen (secondary N) is 2. The van der Waals surface area contributed by atoms with E-state index in [1.807, 2.05) is 6.92 Å². The summed E-state index contributed by atoms with van der Waals surface area (Å²) in [5.41, 5.74) is 0.171. The van der Waals surface area contributed by atoms with E-state index in [0.717, 1.165) is 12.8 Å². The maximum absolute atomic E-state index is 12.9. The molecule has 1 aliphatic heterocycles. The third kappa shape index (κ3) is 3.83. The van der Waals surface area contributed by atoms with Gasteiger partial charge in [0.25, 0.3) is 5.91 Å². The number of rotatable bonds is 4. The molecule has 10 heteroatoms. The van der Waals surface area contributed by atoms with Crippen molar-refractivity contribution in [2.45, 2.75) is 24.7 Å². The number of carbonyl (C=O) groups excluding carboxylic acids is 1. The Morgan fingerprint density at radius 2 is 2.24 bits per heavy atom. The van der Waals surface area contributed by atoms with Crippen molar-refractivity contribution >= 4 is 33.5 Å². The van der Waals surface area contributed by atoms with Crippen LogP contribution in [0.1, 0.15) is 30.1 Å². The van der Waals surface area contributed by atoms with E-state index in [1.54, 1.807) is 0 Å². The summed E-state index contributed by atoms with van der Waals surface area (Å²) in [6.07, 6.45) is 3.06. The van der Waals surface area contributed by atoms with Gasteiger partial charge >= 0.3 is 0 Å². The number of benzene rings is 1. The van der Waals surface area contributed by atoms with Gasteiger partial charge in [-0.3, -0.25) is 10.1 Å². The van der Waals surface area contributed by atoms with Crippen molar-refractivity contribution in [1.82, 2.24) is 19.5 Å². The van der Waals surface area contributed by atoms with Gasteiger partial charge in [0.15, 0.2) is 0 Å². The van der Waals surface area contributed by atoms with Crippen LogP contribution in [0.15, 0.2) is 29.4 Å². The topological polar surface area (TPSA) is 108 Å². The molecular weight excluding hydrogens is 366 g/mol. The van der Waals surface area contributed by atoms with Crippen molar-refractivity contribution in [3.8, 4) is 0 Å². The lowest BCUT2D eigenvalue weighted by atomic mass is 10.0. The average molecular weight is 384 g/mol. The molecule has 0 spiro atoms. The molecule has 0 aliphatic carbocycles. The largest absolute Gasteiger partial charge is 0.291 e. The Morgan fingerprint density at radius 1 is 1.44 bits per heavy atom. The maximum Gasteiger partial charge on any atom is 0.258 e. The van der Waals surface area contributed by atoms with E-state index in [9.17, 15) is 13.2 Å². The summed E-state index contributed by atoms with van der Waals surface area (Å²) in [6.45, 7) is 2.93. The zero-order valence-corrected chi connectivity index (χ0v) is 15.1. The van der Waals surface area contributed by atoms with Crippen LogP contribution in [0.25, 0.3) is 0 Å². The number of H-pyrrole nitrogens is 1. The first-order valence-corrected chi connectivity index (χ1v) is 9.66. The highest BCUT2D eigenvalue weighted by Crippen LogP contribution is 2.29. The van der Waals surface area contributed by atoms with Crippen molar-refractivity contribution in [2.75, 3.05) is 18.4 Å². The maximum atomic E-state index is 12.9. The van der Waals surface area contributed by atoms with Gasteiger partial charge in [0.1, 0.15) is 11.2 Å². The fraction of sp³-hybridized carbons (Fsp3) is 0.400. The van der Waals surface area contributed by atoms with Crippen LogP contribution in [0.2, 0.25) is 5.02 Å². The second kappa shape index (κ2) is 7.11. The first-order chi connectivity index (χ1) is 11.9. The molecule has 1 aromatic carbocycles. The molecule has 0 radical (unpaired) electrons. The van der Waals surface area contributed by atoms with Crippen molar-refractivity contribution in [2.24, 2.45) is 5.92 Å². The third-order valence-corrected chi connectivity index (χ3v) is 6.42. The molecule has 3 rings (SSSR count). The summed E-state index contributed by atoms with van der Waals surface area (Å²) < 4.78 is 27.3. The molecule has 1 fully saturated rings. The van der Waals surface area contributed by atoms with Crippen LogP contribution >= 0.6 is 11.6 Å². The highest BCUT2D eigenvalue weighted by atomic mass is 35.5. The lowest BCUT2D eigenvalue weighted by Crippen LogP contribution is -2.39. The molecule has 1 aromatic heterocycles. The van der Waals surface area contributed by atoms with Crippen LogP contribution in [-0.4, -0.2) is 46.9 Å². The number of aromatic amines is 1. The minimum atomic E-state index is -3.76. The van der Waals surface area contributed by atoms with Gasteiger partial charge in [0.2, 0.25) is 16.0 Å². The molecular formula is C15H18ClN5O3S. The lowest BCUT2D eigenvalue weighted by Gasteiger charge is -2.30. The van der Waals surface area contributed by atoms with E-state index in [-0.39, 0.29) is 21.4 Å². The fourth-order valence-electron chi connectivity index (χ4n) is 2.79. The van der Waals surface area contributed by atoms with E-state index in [0.29, 0.717) is 19.0 Å². The SMILES string of the molecule is CC1CCCN(S(=O)(=O)c2cc(C(=O)Nc3ncn[nH]3)ccc2Cl)C1. The Balaban J connectivity index is 1.89. The molecule has 1 unspecified atom stereocenters. The number of anilines is 1. The smallest absolute Gasteiger partial charge is 0.258 e. The number of sulfonamides is 1. The van der Waals surface area contributed by atoms with Gasteiger partial charge in [-0.05, 0) is 37.0 Å². The van der Waals surface area contributed by atoms with E-state index < -0.39 is 15.9 Å². The minimum absolute atomic E-state index is 0.0616. The molecule has 1 atom stereocenters. The molecule has 2 aromatic rings. The van der Waals surface area contributed by atoms with Crippen molar-refractivity contribution in [1.29, 1.82) is 0 Å². The number of carbonyl (C=O) groups is 1. The summed E-state index contributed by atoms with van der Waals surface area (Å²) in [5, 5.41) is 8.73. The molecule has 1 aliphatic rings. The summed E-state index contributed by atoms with van der Waals surface area (Å²) in [4.78, 5) is 16.0. The van der Waals surface area contributed by atoms with Gasteiger partial charge < -0.3 is 0 Å². The van der Waals surface area contributed by atoms with Crippen molar-refractivity contribution in [3.05, 3.63) is 35.1 Å². The standard InChI is InChI=1S/C15H18ClN5O3S/c1-10-3-2-6-21(8-10)25(23,24)13-7-11(4-5-12(13)16)14(22)19-15-17-9-18-20-15/h4-5,7,9-10H,2-3,6,8H2,1H3,(H2,17,18,19,20,22). The van der Waals surface area contributed by atoms with Crippen molar-refractivity contribution < 1.29 is 13.2 Å². The van der Waals surface area contributed by atoms with Gasteiger partial charge in [0, 0.05) is 18.7 Å². The van der Waals surface area contributed by atoms with Crippen molar-refractivity contribution in [3.63, 3.8) is 0 Å². The van der Waals surface area contributed by atoms with Gasteiger partial charge in [-0.25, -0.2) is 13.5 Å². The molecule has 0 bridgehead atoms. The Labute approximate surface area is 150 Å². The first kappa shape index (κ1) is 17.8. The normalized spacial score (nSPS) is 18.9. The van der Waals surface area contributed by atoms with Crippen LogP contribution in [0.5, 0.6) is 0 Å².